The summed E-state index contributed by atoms with van der Waals surface area (Å²) in [7, 11) is 6.41. The largest absolute Gasteiger partial charge is 0.497 e. The number of esters is 1. The maximum atomic E-state index is 12.4. The highest BCUT2D eigenvalue weighted by atomic mass is 28.4. The zero-order chi connectivity index (χ0) is 105. The van der Waals surface area contributed by atoms with Gasteiger partial charge in [0.15, 0.2) is 8.32 Å². The second-order valence-electron chi connectivity index (χ2n) is 45.6. The number of hydrogen-bond acceptors (Lipinski definition) is 10. The van der Waals surface area contributed by atoms with Crippen molar-refractivity contribution in [2.45, 2.75) is 368 Å². The Balaban J connectivity index is 0.000000841. The van der Waals surface area contributed by atoms with Gasteiger partial charge in [-0.25, -0.2) is 0 Å². The molecule has 0 unspecified atom stereocenters. The Kier molecular flexibility index (Phi) is 58.0. The van der Waals surface area contributed by atoms with Crippen LogP contribution >= 0.6 is 0 Å². The highest BCUT2D eigenvalue weighted by molar-refractivity contribution is 6.74. The summed E-state index contributed by atoms with van der Waals surface area (Å²) in [5, 5.41) is 0.320. The zero-order valence-corrected chi connectivity index (χ0v) is 95.0. The Hall–Kier alpha value is -8.98. The quantitative estimate of drug-likeness (QED) is 0.0161. The number of hydrogen-bond donors (Lipinski definition) is 0. The topological polar surface area (TPSA) is 100 Å². The lowest BCUT2D eigenvalue weighted by molar-refractivity contribution is -0.141. The predicted octanol–water partition coefficient (Wildman–Crippen LogP) is 35.6. The molecule has 0 atom stereocenters. The molecule has 0 N–H and O–H groups in total. The Bertz CT molecular complexity index is 4400. The fourth-order valence-electron chi connectivity index (χ4n) is 15.1. The molecule has 0 aliphatic carbocycles. The fourth-order valence-corrected chi connectivity index (χ4v) is 17.0. The molecule has 0 saturated carbocycles. The number of aryl methyl sites for hydroxylation is 8. The summed E-state index contributed by atoms with van der Waals surface area (Å²) in [6, 6.07) is 52.8. The van der Waals surface area contributed by atoms with Crippen LogP contribution in [0.4, 0.5) is 13.2 Å². The van der Waals surface area contributed by atoms with E-state index < -0.39 is 20.4 Å². The summed E-state index contributed by atoms with van der Waals surface area (Å²) in [6.07, 6.45) is 17.7. The molecule has 772 valence electrons. The average molecular weight is 1930 g/mol. The van der Waals surface area contributed by atoms with Crippen molar-refractivity contribution in [3.05, 3.63) is 278 Å². The average Bonchev–Trinajstić information content (AvgIpc) is 0.810. The molecule has 0 aliphatic heterocycles. The van der Waals surface area contributed by atoms with Gasteiger partial charge in [0.2, 0.25) is 0 Å². The Morgan fingerprint density at radius 2 is 0.710 bits per heavy atom. The van der Waals surface area contributed by atoms with Gasteiger partial charge >= 0.3 is 18.1 Å². The molecule has 14 heteroatoms. The van der Waals surface area contributed by atoms with Gasteiger partial charge in [0.1, 0.15) is 53.5 Å². The van der Waals surface area contributed by atoms with Gasteiger partial charge < -0.3 is 42.3 Å². The second kappa shape index (κ2) is 63.0. The number of methoxy groups -OCH3 is 5. The van der Waals surface area contributed by atoms with Crippen LogP contribution in [-0.2, 0) is 111 Å². The molecule has 0 radical (unpaired) electrons. The predicted molar refractivity (Wildman–Crippen MR) is 588 cm³/mol. The molecule has 138 heavy (non-hydrogen) atoms. The van der Waals surface area contributed by atoms with E-state index in [-0.39, 0.29) is 17.3 Å². The van der Waals surface area contributed by atoms with Crippen LogP contribution in [0.5, 0.6) is 40.2 Å². The molecular formula is C124H191F3O10Si. The summed E-state index contributed by atoms with van der Waals surface area (Å²) >= 11 is 0. The van der Waals surface area contributed by atoms with Crippen LogP contribution in [0.25, 0.3) is 0 Å². The standard InChI is InChI=1S/C34H46.C28H34O6.C14H20.C12H13F3O.C11H24.C10H24OSi.C9H18.C6H12O2/c1-7-26-16-27(8-2)19-30(18-26)11-13-32-22-33(24-34(23-32)15-25(5)6)14-12-31-20-28(9-3)17-29(10-4)21-31;1-19(2)7-20-8-27(33-17-21-10-23(29-3)14-24(11-21)30-4)16-28(9-20)34-18-22-12-25(31-5)15-26(13-22)32-6;1-5-6-12-7-9-13(10-8-12)11-14(2,3)4;1-8(2)7-9-3-5-10(6-4-9)16-12(15)11(13)14;1-9(2)8-11(6,7)10(3,4)5;1-9(2,3)11-12(7,8)10(4,5)6;1-6-8(2)7-9(3,4)5;1-5(2)4-6(7)8-3/h16-25H,7-15H2,1-6H3;8-16,19H,7,17-18H2,1-6H3;5,7-10H,1,6,11H2,2-4H3;3-6,8H,7H2,1-2H3;9H,8H2,1-7H3;1-8H3;2,6-7H2,1,3-5H3;5H,4H2,1-3H3. The lowest BCUT2D eigenvalue weighted by atomic mass is 9.65. The van der Waals surface area contributed by atoms with E-state index in [1.54, 1.807) is 40.6 Å². The van der Waals surface area contributed by atoms with Crippen molar-refractivity contribution in [2.24, 2.45) is 51.2 Å². The first-order valence-corrected chi connectivity index (χ1v) is 53.8. The first-order valence-electron chi connectivity index (χ1n) is 50.9. The van der Waals surface area contributed by atoms with Crippen molar-refractivity contribution in [1.29, 1.82) is 0 Å². The third-order valence-corrected chi connectivity index (χ3v) is 28.4. The molecule has 0 aliphatic rings. The minimum absolute atomic E-state index is 0.00298. The van der Waals surface area contributed by atoms with Crippen LogP contribution < -0.4 is 33.2 Å². The van der Waals surface area contributed by atoms with Crippen molar-refractivity contribution in [3.8, 4) is 40.2 Å². The molecule has 0 bridgehead atoms. The summed E-state index contributed by atoms with van der Waals surface area (Å²) in [5.41, 5.74) is 23.4. The molecular weight excluding hydrogens is 1730 g/mol. The number of carbonyl (C=O) groups is 1. The van der Waals surface area contributed by atoms with Crippen LogP contribution in [0.3, 0.4) is 0 Å². The summed E-state index contributed by atoms with van der Waals surface area (Å²) < 4.78 is 84.5. The lowest BCUT2D eigenvalue weighted by Crippen LogP contribution is -2.46. The zero-order valence-electron chi connectivity index (χ0n) is 94.0. The number of rotatable bonds is 38. The molecule has 0 fully saturated rings. The van der Waals surface area contributed by atoms with Gasteiger partial charge in [-0.2, -0.15) is 13.2 Å². The molecule has 8 aromatic rings. The van der Waals surface area contributed by atoms with Crippen LogP contribution in [0.1, 0.15) is 331 Å². The molecule has 0 heterocycles. The molecule has 8 rings (SSSR count). The molecule has 8 aromatic carbocycles. The van der Waals surface area contributed by atoms with E-state index in [2.05, 4.69) is 334 Å². The van der Waals surface area contributed by atoms with Crippen LogP contribution in [0, 0.1) is 51.2 Å². The van der Waals surface area contributed by atoms with Gasteiger partial charge in [-0.05, 0) is 325 Å². The maximum Gasteiger partial charge on any atom is 0.344 e. The second-order valence-corrected chi connectivity index (χ2v) is 50.3. The normalized spacial score (nSPS) is 11.5. The Morgan fingerprint density at radius 3 is 0.971 bits per heavy atom. The number of carbonyl (C=O) groups excluding carboxylic acids is 1. The van der Waals surface area contributed by atoms with Gasteiger partial charge in [-0.3, -0.25) is 4.79 Å². The van der Waals surface area contributed by atoms with Gasteiger partial charge in [0, 0.05) is 30.2 Å². The summed E-state index contributed by atoms with van der Waals surface area (Å²) in [4.78, 5) is 10.4. The summed E-state index contributed by atoms with van der Waals surface area (Å²) in [6.45, 7) is 84.5. The van der Waals surface area contributed by atoms with Gasteiger partial charge in [0.25, 0.3) is 0 Å². The van der Waals surface area contributed by atoms with E-state index >= 15 is 0 Å². The molecule has 0 aromatic heterocycles. The lowest BCUT2D eigenvalue weighted by Gasteiger charge is -2.41. The fraction of sp³-hybridized carbons (Fsp3) is 0.556. The third kappa shape index (κ3) is 56.5. The van der Waals surface area contributed by atoms with Crippen molar-refractivity contribution in [3.63, 3.8) is 0 Å². The Labute approximate surface area is 842 Å². The minimum Gasteiger partial charge on any atom is -0.497 e. The van der Waals surface area contributed by atoms with E-state index in [9.17, 15) is 18.0 Å². The molecule has 10 nitrogen and oxygen atoms in total. The highest BCUT2D eigenvalue weighted by Crippen LogP contribution is 2.43. The summed E-state index contributed by atoms with van der Waals surface area (Å²) in [5.74, 6) is 7.26. The number of allylic oxidation sites excluding steroid dienone is 2. The maximum absolute atomic E-state index is 12.4. The number of benzene rings is 8. The van der Waals surface area contributed by atoms with Gasteiger partial charge in [-0.15, -0.1) is 6.58 Å². The van der Waals surface area contributed by atoms with E-state index in [1.807, 2.05) is 62.4 Å². The van der Waals surface area contributed by atoms with E-state index in [4.69, 9.17) is 32.8 Å². The van der Waals surface area contributed by atoms with Crippen LogP contribution in [0.2, 0.25) is 18.1 Å². The van der Waals surface area contributed by atoms with E-state index in [1.165, 1.54) is 92.4 Å². The minimum atomic E-state index is -2.45. The van der Waals surface area contributed by atoms with Crippen LogP contribution in [0.15, 0.2) is 195 Å². The monoisotopic (exact) mass is 1930 g/mol. The van der Waals surface area contributed by atoms with Crippen LogP contribution in [-0.4, -0.2) is 55.4 Å². The third-order valence-electron chi connectivity index (χ3n) is 23.7. The van der Waals surface area contributed by atoms with Crippen molar-refractivity contribution in [2.75, 3.05) is 35.5 Å². The SMILES string of the molecule is C=C(CC)CC(C)(C)C.C=CCc1ccc(CC(C)(C)C)cc1.CC(C)(C)O[Si](C)(C)C(C)(C)C.CC(C)CC(C)(C)C(C)(C)C.CC(C)Cc1ccc(OC(F)=C(F)F)cc1.CCc1cc(CC)cc(CCc2cc(CCc3cc(CC)cc(CC)c3)cc(CC(C)C)c2)c1.COC(=O)CC(C)C.COc1cc(COc2cc(CC(C)C)cc(OCc3cc(OC)cc(OC)c3)c2)cc(OC)c1. The number of ether oxygens (including phenoxy) is 8. The van der Waals surface area contributed by atoms with Crippen molar-refractivity contribution >= 4 is 14.3 Å². The van der Waals surface area contributed by atoms with E-state index in [0.717, 1.165) is 159 Å². The van der Waals surface area contributed by atoms with E-state index in [0.29, 0.717) is 70.0 Å². The smallest absolute Gasteiger partial charge is 0.344 e. The van der Waals surface area contributed by atoms with Gasteiger partial charge in [0.05, 0.1) is 35.5 Å². The first-order chi connectivity index (χ1) is 64.1. The highest BCUT2D eigenvalue weighted by Gasteiger charge is 2.40. The van der Waals surface area contributed by atoms with Crippen molar-refractivity contribution < 1.29 is 60.3 Å². The Morgan fingerprint density at radius 1 is 0.384 bits per heavy atom. The first kappa shape index (κ1) is 127. The molecule has 0 saturated heterocycles. The molecule has 0 spiro atoms. The molecule has 0 amide bonds. The van der Waals surface area contributed by atoms with Crippen molar-refractivity contribution in [1.82, 2.24) is 0 Å². The van der Waals surface area contributed by atoms with Gasteiger partial charge in [-0.1, -0.05) is 310 Å². The number of halogens is 3.